The first-order valence-electron chi connectivity index (χ1n) is 7.26. The van der Waals surface area contributed by atoms with Gasteiger partial charge in [0.25, 0.3) is 0 Å². The van der Waals surface area contributed by atoms with Gasteiger partial charge < -0.3 is 34.8 Å². The third-order valence-electron chi connectivity index (χ3n) is 3.87. The standard InChI is InChI=1S/C11H17F2N3O9P2/c1-5(26(19,20)21)27(22,23)24-4-6-8(17)11(12,13)9(25-6)16-3-2-7(14)15-10(16)18/h2-3,5-6,8-9,17H,4H2,1H3,(H,22,23)(H2,14,15,18)(H2,19,20,21)/t5?,6-,8?,9-/m1/s1. The molecule has 0 saturated carbocycles. The molecule has 27 heavy (non-hydrogen) atoms. The number of aliphatic hydroxyl groups is 1. The van der Waals surface area contributed by atoms with Gasteiger partial charge in [-0.1, -0.05) is 0 Å². The fourth-order valence-corrected chi connectivity index (χ4v) is 4.49. The van der Waals surface area contributed by atoms with Crippen LogP contribution in [0.4, 0.5) is 14.6 Å². The Balaban J connectivity index is 2.20. The highest BCUT2D eigenvalue weighted by atomic mass is 31.2. The van der Waals surface area contributed by atoms with Crippen molar-refractivity contribution >= 4 is 21.0 Å². The lowest BCUT2D eigenvalue weighted by molar-refractivity contribution is -0.140. The summed E-state index contributed by atoms with van der Waals surface area (Å²) >= 11 is 0. The molecule has 12 nitrogen and oxygen atoms in total. The van der Waals surface area contributed by atoms with Crippen LogP contribution in [0.1, 0.15) is 13.2 Å². The average molecular weight is 435 g/mol. The van der Waals surface area contributed by atoms with E-state index in [-0.39, 0.29) is 5.82 Å². The predicted molar refractivity (Wildman–Crippen MR) is 85.1 cm³/mol. The maximum absolute atomic E-state index is 14.3. The summed E-state index contributed by atoms with van der Waals surface area (Å²) in [5.74, 6) is -4.24. The maximum Gasteiger partial charge on any atom is 0.351 e. The zero-order valence-electron chi connectivity index (χ0n) is 13.6. The number of rotatable bonds is 6. The number of aliphatic hydroxyl groups excluding tert-OH is 1. The van der Waals surface area contributed by atoms with Gasteiger partial charge in [-0.3, -0.25) is 13.7 Å². The topological polar surface area (TPSA) is 194 Å². The van der Waals surface area contributed by atoms with Gasteiger partial charge in [-0.2, -0.15) is 13.8 Å². The van der Waals surface area contributed by atoms with E-state index < -0.39 is 57.2 Å². The number of alkyl halides is 2. The molecular formula is C11H17F2N3O9P2. The molecule has 1 aliphatic rings. The van der Waals surface area contributed by atoms with Crippen LogP contribution in [0.5, 0.6) is 0 Å². The second-order valence-corrected chi connectivity index (χ2v) is 10.3. The van der Waals surface area contributed by atoms with E-state index >= 15 is 0 Å². The number of nitrogens with zero attached hydrogens (tertiary/aromatic N) is 2. The molecule has 16 heteroatoms. The van der Waals surface area contributed by atoms with Crippen LogP contribution in [-0.2, 0) is 18.4 Å². The zero-order chi connectivity index (χ0) is 20.8. The van der Waals surface area contributed by atoms with Crippen LogP contribution >= 0.6 is 15.2 Å². The molecule has 1 aromatic heterocycles. The molecule has 0 radical (unpaired) electrons. The minimum absolute atomic E-state index is 0.231. The Morgan fingerprint density at radius 3 is 2.56 bits per heavy atom. The van der Waals surface area contributed by atoms with Crippen LogP contribution in [0.2, 0.25) is 0 Å². The smallest absolute Gasteiger partial charge is 0.351 e. The molecule has 0 bridgehead atoms. The van der Waals surface area contributed by atoms with Gasteiger partial charge in [-0.15, -0.1) is 0 Å². The SMILES string of the molecule is CC(P(=O)(O)O)P(=O)(O)OC[C@H]1O[C@@H](n2ccc(N)nc2=O)C(F)(F)C1O. The Hall–Kier alpha value is -1.24. The molecule has 1 saturated heterocycles. The summed E-state index contributed by atoms with van der Waals surface area (Å²) in [4.78, 5) is 42.4. The number of anilines is 1. The number of halogens is 2. The lowest BCUT2D eigenvalue weighted by Crippen LogP contribution is -2.42. The Labute approximate surface area is 150 Å². The van der Waals surface area contributed by atoms with E-state index in [1.54, 1.807) is 0 Å². The van der Waals surface area contributed by atoms with Crippen LogP contribution in [0.3, 0.4) is 0 Å². The van der Waals surface area contributed by atoms with Crippen molar-refractivity contribution in [2.24, 2.45) is 0 Å². The highest BCUT2D eigenvalue weighted by Crippen LogP contribution is 2.62. The number of ether oxygens (including phenoxy) is 1. The molecule has 6 N–H and O–H groups in total. The largest absolute Gasteiger partial charge is 0.384 e. The van der Waals surface area contributed by atoms with Gasteiger partial charge in [0.2, 0.25) is 6.23 Å². The maximum atomic E-state index is 14.3. The van der Waals surface area contributed by atoms with Crippen LogP contribution in [0, 0.1) is 0 Å². The monoisotopic (exact) mass is 435 g/mol. The summed E-state index contributed by atoms with van der Waals surface area (Å²) in [6.07, 6.45) is -5.86. The Kier molecular flexibility index (Phi) is 5.96. The van der Waals surface area contributed by atoms with Crippen molar-refractivity contribution in [1.29, 1.82) is 0 Å². The molecule has 0 aliphatic carbocycles. The van der Waals surface area contributed by atoms with Crippen molar-refractivity contribution in [3.8, 4) is 0 Å². The van der Waals surface area contributed by atoms with E-state index in [2.05, 4.69) is 9.51 Å². The highest BCUT2D eigenvalue weighted by Gasteiger charge is 2.60. The highest BCUT2D eigenvalue weighted by molar-refractivity contribution is 7.71. The minimum atomic E-state index is -5.01. The van der Waals surface area contributed by atoms with Crippen molar-refractivity contribution < 1.29 is 47.0 Å². The molecule has 3 unspecified atom stereocenters. The van der Waals surface area contributed by atoms with Crippen molar-refractivity contribution in [3.63, 3.8) is 0 Å². The lowest BCUT2D eigenvalue weighted by atomic mass is 10.1. The Bertz CT molecular complexity index is 860. The van der Waals surface area contributed by atoms with Crippen molar-refractivity contribution in [2.75, 3.05) is 12.3 Å². The van der Waals surface area contributed by atoms with Crippen LogP contribution in [0.15, 0.2) is 17.1 Å². The van der Waals surface area contributed by atoms with E-state index in [0.29, 0.717) is 4.57 Å². The van der Waals surface area contributed by atoms with Crippen LogP contribution in [-0.4, -0.2) is 59.5 Å². The number of hydrogen-bond acceptors (Lipinski definition) is 8. The van der Waals surface area contributed by atoms with E-state index in [0.717, 1.165) is 19.2 Å². The molecule has 2 heterocycles. The fraction of sp³-hybridized carbons (Fsp3) is 0.636. The molecule has 0 aromatic carbocycles. The molecule has 5 atom stereocenters. The first kappa shape index (κ1) is 22.1. The molecule has 0 spiro atoms. The van der Waals surface area contributed by atoms with Crippen molar-refractivity contribution in [1.82, 2.24) is 9.55 Å². The third kappa shape index (κ3) is 4.44. The number of aromatic nitrogens is 2. The Morgan fingerprint density at radius 2 is 2.04 bits per heavy atom. The zero-order valence-corrected chi connectivity index (χ0v) is 15.4. The van der Waals surface area contributed by atoms with E-state index in [4.69, 9.17) is 20.3 Å². The summed E-state index contributed by atoms with van der Waals surface area (Å²) in [5.41, 5.74) is 4.08. The number of nitrogens with two attached hydrogens (primary N) is 1. The molecule has 154 valence electrons. The normalized spacial score (nSPS) is 28.6. The second-order valence-electron chi connectivity index (χ2n) is 5.77. The summed E-state index contributed by atoms with van der Waals surface area (Å²) < 4.78 is 61.2. The molecule has 1 aliphatic heterocycles. The van der Waals surface area contributed by atoms with Crippen LogP contribution in [0.25, 0.3) is 0 Å². The Morgan fingerprint density at radius 1 is 1.44 bits per heavy atom. The molecule has 2 rings (SSSR count). The van der Waals surface area contributed by atoms with Gasteiger partial charge in [0.15, 0.2) is 11.5 Å². The minimum Gasteiger partial charge on any atom is -0.384 e. The summed E-state index contributed by atoms with van der Waals surface area (Å²) in [5, 5.41) is 7.63. The van der Waals surface area contributed by atoms with Crippen LogP contribution < -0.4 is 11.4 Å². The van der Waals surface area contributed by atoms with E-state index in [9.17, 15) is 32.7 Å². The van der Waals surface area contributed by atoms with Gasteiger partial charge in [-0.25, -0.2) is 4.79 Å². The first-order chi connectivity index (χ1) is 12.2. The van der Waals surface area contributed by atoms with Crippen molar-refractivity contribution in [2.45, 2.75) is 36.7 Å². The average Bonchev–Trinajstić information content (AvgIpc) is 2.75. The second kappa shape index (κ2) is 7.30. The van der Waals surface area contributed by atoms with Crippen molar-refractivity contribution in [3.05, 3.63) is 22.7 Å². The summed E-state index contributed by atoms with van der Waals surface area (Å²) in [7, 11) is -9.94. The predicted octanol–water partition coefficient (Wildman–Crippen LogP) is -0.555. The summed E-state index contributed by atoms with van der Waals surface area (Å²) in [6, 6.07) is 1.04. The third-order valence-corrected chi connectivity index (χ3v) is 8.08. The number of nitrogen functional groups attached to an aromatic ring is 1. The molecule has 0 amide bonds. The quantitative estimate of drug-likeness (QED) is 0.360. The summed E-state index contributed by atoms with van der Waals surface area (Å²) in [6.45, 7) is -0.354. The van der Waals surface area contributed by atoms with Gasteiger partial charge in [-0.05, 0) is 13.0 Å². The van der Waals surface area contributed by atoms with Gasteiger partial charge in [0.05, 0.1) is 6.61 Å². The van der Waals surface area contributed by atoms with E-state index in [1.165, 1.54) is 0 Å². The fourth-order valence-electron chi connectivity index (χ4n) is 2.19. The van der Waals surface area contributed by atoms with Gasteiger partial charge >= 0.3 is 26.8 Å². The first-order valence-corrected chi connectivity index (χ1v) is 10.6. The molecular weight excluding hydrogens is 418 g/mol. The number of hydrogen-bond donors (Lipinski definition) is 5. The van der Waals surface area contributed by atoms with E-state index in [1.807, 2.05) is 0 Å². The van der Waals surface area contributed by atoms with Gasteiger partial charge in [0.1, 0.15) is 11.9 Å². The lowest BCUT2D eigenvalue weighted by Gasteiger charge is -2.22. The van der Waals surface area contributed by atoms with Gasteiger partial charge in [0, 0.05) is 6.20 Å². The molecule has 1 fully saturated rings. The molecule has 1 aromatic rings.